The Morgan fingerprint density at radius 1 is 1.50 bits per heavy atom. The molecule has 2 rings (SSSR count). The summed E-state index contributed by atoms with van der Waals surface area (Å²) < 4.78 is 5.11. The molecule has 5 heteroatoms. The molecule has 0 radical (unpaired) electrons. The maximum absolute atomic E-state index is 11.7. The minimum absolute atomic E-state index is 0.0704. The fourth-order valence-corrected chi connectivity index (χ4v) is 2.15. The van der Waals surface area contributed by atoms with Gasteiger partial charge in [0.15, 0.2) is 0 Å². The van der Waals surface area contributed by atoms with Crippen LogP contribution in [0.5, 0.6) is 0 Å². The van der Waals surface area contributed by atoms with E-state index in [1.807, 2.05) is 20.8 Å². The standard InChI is InChI=1S/C13H21N3O2/c1-8(7-12-9(2)16-18-10(12)3)14-13(17)15-11-5-4-6-11/h8,11H,4-7H2,1-3H3,(H2,14,15,17). The van der Waals surface area contributed by atoms with Gasteiger partial charge in [-0.3, -0.25) is 0 Å². The molecule has 1 atom stereocenters. The van der Waals surface area contributed by atoms with E-state index in [9.17, 15) is 4.79 Å². The SMILES string of the molecule is Cc1noc(C)c1CC(C)NC(=O)NC1CCC1. The number of carbonyl (C=O) groups excluding carboxylic acids is 1. The molecule has 1 heterocycles. The molecule has 1 aromatic heterocycles. The van der Waals surface area contributed by atoms with E-state index in [2.05, 4.69) is 15.8 Å². The summed E-state index contributed by atoms with van der Waals surface area (Å²) in [5.74, 6) is 0.834. The van der Waals surface area contributed by atoms with Crippen LogP contribution in [0.3, 0.4) is 0 Å². The van der Waals surface area contributed by atoms with Gasteiger partial charge in [0.2, 0.25) is 0 Å². The third-order valence-corrected chi connectivity index (χ3v) is 3.51. The van der Waals surface area contributed by atoms with E-state index < -0.39 is 0 Å². The molecule has 0 saturated heterocycles. The fraction of sp³-hybridized carbons (Fsp3) is 0.692. The first-order valence-corrected chi connectivity index (χ1v) is 6.55. The predicted molar refractivity (Wildman–Crippen MR) is 68.4 cm³/mol. The highest BCUT2D eigenvalue weighted by molar-refractivity contribution is 5.74. The Bertz CT molecular complexity index is 404. The number of rotatable bonds is 4. The average molecular weight is 251 g/mol. The van der Waals surface area contributed by atoms with Crippen LogP contribution in [0, 0.1) is 13.8 Å². The van der Waals surface area contributed by atoms with Crippen molar-refractivity contribution in [1.82, 2.24) is 15.8 Å². The smallest absolute Gasteiger partial charge is 0.315 e. The Morgan fingerprint density at radius 3 is 2.72 bits per heavy atom. The summed E-state index contributed by atoms with van der Waals surface area (Å²) in [6.45, 7) is 5.82. The molecule has 1 aliphatic carbocycles. The van der Waals surface area contributed by atoms with Crippen molar-refractivity contribution < 1.29 is 9.32 Å². The summed E-state index contributed by atoms with van der Waals surface area (Å²) in [6.07, 6.45) is 4.18. The first-order valence-electron chi connectivity index (χ1n) is 6.55. The average Bonchev–Trinajstić information content (AvgIpc) is 2.55. The van der Waals surface area contributed by atoms with E-state index >= 15 is 0 Å². The molecule has 2 amide bonds. The minimum Gasteiger partial charge on any atom is -0.361 e. The topological polar surface area (TPSA) is 67.2 Å². The van der Waals surface area contributed by atoms with Crippen molar-refractivity contribution in [1.29, 1.82) is 0 Å². The zero-order valence-corrected chi connectivity index (χ0v) is 11.2. The molecular formula is C13H21N3O2. The summed E-state index contributed by atoms with van der Waals surface area (Å²) in [5, 5.41) is 9.84. The van der Waals surface area contributed by atoms with Crippen LogP contribution >= 0.6 is 0 Å². The Morgan fingerprint density at radius 2 is 2.22 bits per heavy atom. The van der Waals surface area contributed by atoms with Crippen LogP contribution in [-0.4, -0.2) is 23.3 Å². The van der Waals surface area contributed by atoms with E-state index in [4.69, 9.17) is 4.52 Å². The van der Waals surface area contributed by atoms with Crippen molar-refractivity contribution in [2.75, 3.05) is 0 Å². The second-order valence-corrected chi connectivity index (χ2v) is 5.15. The number of nitrogens with one attached hydrogen (secondary N) is 2. The number of amides is 2. The quantitative estimate of drug-likeness (QED) is 0.861. The van der Waals surface area contributed by atoms with Gasteiger partial charge in [-0.1, -0.05) is 5.16 Å². The molecule has 1 fully saturated rings. The van der Waals surface area contributed by atoms with Gasteiger partial charge in [-0.15, -0.1) is 0 Å². The number of hydrogen-bond donors (Lipinski definition) is 2. The molecule has 18 heavy (non-hydrogen) atoms. The summed E-state index contributed by atoms with van der Waals surface area (Å²) >= 11 is 0. The number of aromatic nitrogens is 1. The highest BCUT2D eigenvalue weighted by Gasteiger charge is 2.20. The van der Waals surface area contributed by atoms with Gasteiger partial charge in [0, 0.05) is 17.6 Å². The molecular weight excluding hydrogens is 230 g/mol. The van der Waals surface area contributed by atoms with E-state index in [1.165, 1.54) is 6.42 Å². The molecule has 2 N–H and O–H groups in total. The predicted octanol–water partition coefficient (Wildman–Crippen LogP) is 2.07. The van der Waals surface area contributed by atoms with Crippen LogP contribution in [0.2, 0.25) is 0 Å². The van der Waals surface area contributed by atoms with Crippen LogP contribution in [-0.2, 0) is 6.42 Å². The van der Waals surface area contributed by atoms with Gasteiger partial charge >= 0.3 is 6.03 Å². The van der Waals surface area contributed by atoms with Gasteiger partial charge in [0.25, 0.3) is 0 Å². The number of nitrogens with zero attached hydrogens (tertiary/aromatic N) is 1. The number of hydrogen-bond acceptors (Lipinski definition) is 3. The number of carbonyl (C=O) groups is 1. The highest BCUT2D eigenvalue weighted by Crippen LogP contribution is 2.18. The zero-order chi connectivity index (χ0) is 13.1. The molecule has 0 spiro atoms. The van der Waals surface area contributed by atoms with Crippen molar-refractivity contribution in [3.8, 4) is 0 Å². The van der Waals surface area contributed by atoms with Crippen molar-refractivity contribution >= 4 is 6.03 Å². The van der Waals surface area contributed by atoms with E-state index in [-0.39, 0.29) is 12.1 Å². The molecule has 5 nitrogen and oxygen atoms in total. The first-order chi connectivity index (χ1) is 8.56. The van der Waals surface area contributed by atoms with E-state index in [0.717, 1.165) is 36.3 Å². The molecule has 1 saturated carbocycles. The number of aryl methyl sites for hydroxylation is 2. The number of urea groups is 1. The maximum Gasteiger partial charge on any atom is 0.315 e. The highest BCUT2D eigenvalue weighted by atomic mass is 16.5. The lowest BCUT2D eigenvalue weighted by atomic mass is 9.93. The summed E-state index contributed by atoms with van der Waals surface area (Å²) in [4.78, 5) is 11.7. The van der Waals surface area contributed by atoms with Gasteiger partial charge < -0.3 is 15.2 Å². The second kappa shape index (κ2) is 5.42. The van der Waals surface area contributed by atoms with Gasteiger partial charge in [-0.05, 0) is 46.5 Å². The lowest BCUT2D eigenvalue weighted by Crippen LogP contribution is -2.48. The molecule has 0 aliphatic heterocycles. The largest absolute Gasteiger partial charge is 0.361 e. The lowest BCUT2D eigenvalue weighted by molar-refractivity contribution is 0.225. The minimum atomic E-state index is -0.0704. The van der Waals surface area contributed by atoms with Crippen molar-refractivity contribution in [2.45, 2.75) is 58.5 Å². The third-order valence-electron chi connectivity index (χ3n) is 3.51. The second-order valence-electron chi connectivity index (χ2n) is 5.15. The van der Waals surface area contributed by atoms with Crippen LogP contribution in [0.15, 0.2) is 4.52 Å². The maximum atomic E-state index is 11.7. The van der Waals surface area contributed by atoms with Crippen LogP contribution in [0.1, 0.15) is 43.2 Å². The Hall–Kier alpha value is -1.52. The van der Waals surface area contributed by atoms with Crippen molar-refractivity contribution in [3.63, 3.8) is 0 Å². The summed E-state index contributed by atoms with van der Waals surface area (Å²) in [5.41, 5.74) is 1.99. The molecule has 100 valence electrons. The van der Waals surface area contributed by atoms with Crippen LogP contribution in [0.4, 0.5) is 4.79 Å². The van der Waals surface area contributed by atoms with Crippen molar-refractivity contribution in [2.24, 2.45) is 0 Å². The lowest BCUT2D eigenvalue weighted by Gasteiger charge is -2.27. The molecule has 1 aromatic rings. The molecule has 0 aromatic carbocycles. The summed E-state index contributed by atoms with van der Waals surface area (Å²) in [7, 11) is 0. The first kappa shape index (κ1) is 12.9. The third kappa shape index (κ3) is 3.03. The normalized spacial score (nSPS) is 17.1. The zero-order valence-electron chi connectivity index (χ0n) is 11.2. The van der Waals surface area contributed by atoms with E-state index in [1.54, 1.807) is 0 Å². The van der Waals surface area contributed by atoms with Crippen LogP contribution in [0.25, 0.3) is 0 Å². The van der Waals surface area contributed by atoms with Crippen molar-refractivity contribution in [3.05, 3.63) is 17.0 Å². The monoisotopic (exact) mass is 251 g/mol. The molecule has 1 unspecified atom stereocenters. The van der Waals surface area contributed by atoms with E-state index in [0.29, 0.717) is 6.04 Å². The van der Waals surface area contributed by atoms with Gasteiger partial charge in [-0.2, -0.15) is 0 Å². The Balaban J connectivity index is 1.80. The van der Waals surface area contributed by atoms with Gasteiger partial charge in [-0.25, -0.2) is 4.79 Å². The Labute approximate surface area is 107 Å². The fourth-order valence-electron chi connectivity index (χ4n) is 2.15. The van der Waals surface area contributed by atoms with Crippen LogP contribution < -0.4 is 10.6 Å². The Kier molecular flexibility index (Phi) is 3.89. The molecule has 0 bridgehead atoms. The van der Waals surface area contributed by atoms with Gasteiger partial charge in [0.1, 0.15) is 5.76 Å². The summed E-state index contributed by atoms with van der Waals surface area (Å²) in [6, 6.07) is 0.372. The molecule has 1 aliphatic rings. The van der Waals surface area contributed by atoms with Gasteiger partial charge in [0.05, 0.1) is 5.69 Å².